The number of nitro groups is 1. The summed E-state index contributed by atoms with van der Waals surface area (Å²) in [5, 5.41) is 18.3. The van der Waals surface area contributed by atoms with Crippen LogP contribution < -0.4 is 15.6 Å². The number of aryl methyl sites for hydroxylation is 1. The third kappa shape index (κ3) is 2.97. The molecular weight excluding hydrogens is 340 g/mol. The third-order valence-electron chi connectivity index (χ3n) is 3.81. The average Bonchev–Trinajstić information content (AvgIpc) is 2.64. The number of fused-ring (bicyclic) bond motifs is 1. The molecule has 0 saturated carbocycles. The van der Waals surface area contributed by atoms with Crippen molar-refractivity contribution < 1.29 is 14.5 Å². The number of hydrogen-bond donors (Lipinski definition) is 1. The van der Waals surface area contributed by atoms with E-state index in [1.807, 2.05) is 0 Å². The first-order chi connectivity index (χ1) is 12.4. The molecule has 9 heteroatoms. The molecule has 3 aromatic rings. The number of carbonyl (C=O) groups is 1. The number of non-ortho nitro benzene ring substituents is 1. The van der Waals surface area contributed by atoms with Gasteiger partial charge in [-0.1, -0.05) is 18.2 Å². The summed E-state index contributed by atoms with van der Waals surface area (Å²) in [7, 11) is 2.83. The van der Waals surface area contributed by atoms with E-state index in [9.17, 15) is 19.7 Å². The number of aromatic nitrogens is 2. The van der Waals surface area contributed by atoms with E-state index in [1.54, 1.807) is 24.3 Å². The molecule has 1 heterocycles. The van der Waals surface area contributed by atoms with Crippen molar-refractivity contribution in [3.05, 3.63) is 68.6 Å². The van der Waals surface area contributed by atoms with Gasteiger partial charge in [0.25, 0.3) is 17.2 Å². The number of ether oxygens (including phenoxy) is 1. The number of methoxy groups -OCH3 is 1. The minimum Gasteiger partial charge on any atom is -0.495 e. The number of rotatable bonds is 4. The van der Waals surface area contributed by atoms with Crippen LogP contribution >= 0.6 is 0 Å². The highest BCUT2D eigenvalue weighted by Crippen LogP contribution is 2.29. The van der Waals surface area contributed by atoms with Gasteiger partial charge in [-0.3, -0.25) is 19.7 Å². The minimum absolute atomic E-state index is 0.0243. The summed E-state index contributed by atoms with van der Waals surface area (Å²) in [6.07, 6.45) is 0. The Bertz CT molecular complexity index is 1090. The van der Waals surface area contributed by atoms with Crippen molar-refractivity contribution in [2.24, 2.45) is 7.05 Å². The Kier molecular flexibility index (Phi) is 4.36. The van der Waals surface area contributed by atoms with E-state index in [1.165, 1.54) is 32.4 Å². The van der Waals surface area contributed by atoms with Gasteiger partial charge in [-0.25, -0.2) is 4.68 Å². The van der Waals surface area contributed by atoms with E-state index in [0.717, 1.165) is 4.68 Å². The fraction of sp³-hybridized carbons (Fsp3) is 0.118. The summed E-state index contributed by atoms with van der Waals surface area (Å²) in [6.45, 7) is 0. The second-order valence-corrected chi connectivity index (χ2v) is 5.42. The monoisotopic (exact) mass is 354 g/mol. The molecule has 0 radical (unpaired) electrons. The van der Waals surface area contributed by atoms with E-state index in [2.05, 4.69) is 10.4 Å². The molecule has 0 aliphatic heterocycles. The van der Waals surface area contributed by atoms with Gasteiger partial charge < -0.3 is 10.1 Å². The summed E-state index contributed by atoms with van der Waals surface area (Å²) < 4.78 is 6.21. The van der Waals surface area contributed by atoms with Gasteiger partial charge >= 0.3 is 0 Å². The quantitative estimate of drug-likeness (QED) is 0.566. The van der Waals surface area contributed by atoms with Crippen LogP contribution in [0.4, 0.5) is 11.4 Å². The molecule has 132 valence electrons. The van der Waals surface area contributed by atoms with Crippen LogP contribution in [0.3, 0.4) is 0 Å². The molecule has 1 amide bonds. The van der Waals surface area contributed by atoms with Crippen molar-refractivity contribution in [1.82, 2.24) is 9.78 Å². The first kappa shape index (κ1) is 17.1. The number of hydrogen-bond acceptors (Lipinski definition) is 6. The smallest absolute Gasteiger partial charge is 0.276 e. The first-order valence-corrected chi connectivity index (χ1v) is 7.52. The minimum atomic E-state index is -0.615. The van der Waals surface area contributed by atoms with Gasteiger partial charge in [0.15, 0.2) is 5.69 Å². The van der Waals surface area contributed by atoms with E-state index in [0.29, 0.717) is 10.8 Å². The number of amides is 1. The summed E-state index contributed by atoms with van der Waals surface area (Å²) in [5.74, 6) is -0.353. The molecule has 0 aliphatic rings. The fourth-order valence-electron chi connectivity index (χ4n) is 2.56. The Morgan fingerprint density at radius 3 is 2.58 bits per heavy atom. The fourth-order valence-corrected chi connectivity index (χ4v) is 2.56. The highest BCUT2D eigenvalue weighted by Gasteiger charge is 2.19. The molecule has 0 saturated heterocycles. The number of nitrogens with zero attached hydrogens (tertiary/aromatic N) is 3. The Morgan fingerprint density at radius 1 is 1.23 bits per heavy atom. The SMILES string of the molecule is COc1ccc([N+](=O)[O-])cc1NC(=O)c1nn(C)c(=O)c2ccccc12. The van der Waals surface area contributed by atoms with Gasteiger partial charge in [-0.05, 0) is 12.1 Å². The standard InChI is InChI=1S/C17H14N4O5/c1-20-17(23)12-6-4-3-5-11(12)15(19-20)16(22)18-13-9-10(21(24)25)7-8-14(13)26-2/h3-9H,1-2H3,(H,18,22). The summed E-state index contributed by atoms with van der Waals surface area (Å²) in [5.41, 5.74) is -0.368. The van der Waals surface area contributed by atoms with Gasteiger partial charge in [-0.15, -0.1) is 0 Å². The predicted octanol–water partition coefficient (Wildman–Crippen LogP) is 2.10. The lowest BCUT2D eigenvalue weighted by Crippen LogP contribution is -2.25. The molecule has 9 nitrogen and oxygen atoms in total. The van der Waals surface area contributed by atoms with E-state index in [-0.39, 0.29) is 28.4 Å². The van der Waals surface area contributed by atoms with Crippen LogP contribution in [0, 0.1) is 10.1 Å². The van der Waals surface area contributed by atoms with Crippen LogP contribution in [0.5, 0.6) is 5.75 Å². The van der Waals surface area contributed by atoms with Crippen molar-refractivity contribution >= 4 is 28.1 Å². The Morgan fingerprint density at radius 2 is 1.92 bits per heavy atom. The van der Waals surface area contributed by atoms with Crippen LogP contribution in [-0.4, -0.2) is 27.7 Å². The number of benzene rings is 2. The predicted molar refractivity (Wildman–Crippen MR) is 94.6 cm³/mol. The van der Waals surface area contributed by atoms with Crippen molar-refractivity contribution in [2.75, 3.05) is 12.4 Å². The molecule has 0 fully saturated rings. The lowest BCUT2D eigenvalue weighted by molar-refractivity contribution is -0.384. The molecule has 0 spiro atoms. The van der Waals surface area contributed by atoms with Crippen LogP contribution in [0.15, 0.2) is 47.3 Å². The zero-order valence-electron chi connectivity index (χ0n) is 13.9. The normalized spacial score (nSPS) is 10.5. The van der Waals surface area contributed by atoms with Crippen LogP contribution in [0.25, 0.3) is 10.8 Å². The molecule has 2 aromatic carbocycles. The Balaban J connectivity index is 2.08. The maximum atomic E-state index is 12.7. The molecule has 0 aliphatic carbocycles. The number of nitrogens with one attached hydrogen (secondary N) is 1. The average molecular weight is 354 g/mol. The van der Waals surface area contributed by atoms with Crippen LogP contribution in [-0.2, 0) is 7.05 Å². The van der Waals surface area contributed by atoms with E-state index in [4.69, 9.17) is 4.74 Å². The van der Waals surface area contributed by atoms with Crippen molar-refractivity contribution in [3.8, 4) is 5.75 Å². The molecular formula is C17H14N4O5. The van der Waals surface area contributed by atoms with Crippen molar-refractivity contribution in [1.29, 1.82) is 0 Å². The highest BCUT2D eigenvalue weighted by atomic mass is 16.6. The lowest BCUT2D eigenvalue weighted by atomic mass is 10.1. The van der Waals surface area contributed by atoms with Crippen molar-refractivity contribution in [2.45, 2.75) is 0 Å². The third-order valence-corrected chi connectivity index (χ3v) is 3.81. The zero-order chi connectivity index (χ0) is 18.8. The van der Waals surface area contributed by atoms with Crippen LogP contribution in [0.2, 0.25) is 0 Å². The van der Waals surface area contributed by atoms with Gasteiger partial charge in [0.1, 0.15) is 5.75 Å². The topological polar surface area (TPSA) is 116 Å². The molecule has 1 N–H and O–H groups in total. The van der Waals surface area contributed by atoms with Gasteiger partial charge in [0.05, 0.1) is 23.1 Å². The first-order valence-electron chi connectivity index (χ1n) is 7.52. The molecule has 26 heavy (non-hydrogen) atoms. The largest absolute Gasteiger partial charge is 0.495 e. The molecule has 0 bridgehead atoms. The van der Waals surface area contributed by atoms with Gasteiger partial charge in [0.2, 0.25) is 0 Å². The summed E-state index contributed by atoms with van der Waals surface area (Å²) >= 11 is 0. The molecule has 0 atom stereocenters. The summed E-state index contributed by atoms with van der Waals surface area (Å²) in [4.78, 5) is 35.3. The number of carbonyl (C=O) groups excluding carboxylic acids is 1. The second kappa shape index (κ2) is 6.63. The lowest BCUT2D eigenvalue weighted by Gasteiger charge is -2.11. The Hall–Kier alpha value is -3.75. The maximum absolute atomic E-state index is 12.7. The van der Waals surface area contributed by atoms with E-state index >= 15 is 0 Å². The van der Waals surface area contributed by atoms with Gasteiger partial charge in [-0.2, -0.15) is 5.10 Å². The summed E-state index contributed by atoms with van der Waals surface area (Å²) in [6, 6.07) is 10.5. The van der Waals surface area contributed by atoms with Crippen molar-refractivity contribution in [3.63, 3.8) is 0 Å². The number of anilines is 1. The zero-order valence-corrected chi connectivity index (χ0v) is 13.9. The van der Waals surface area contributed by atoms with E-state index < -0.39 is 10.8 Å². The molecule has 1 aromatic heterocycles. The number of nitro benzene ring substituents is 1. The molecule has 3 rings (SSSR count). The highest BCUT2D eigenvalue weighted by molar-refractivity contribution is 6.11. The second-order valence-electron chi connectivity index (χ2n) is 5.42. The molecule has 0 unspecified atom stereocenters. The maximum Gasteiger partial charge on any atom is 0.276 e. The van der Waals surface area contributed by atoms with Crippen LogP contribution in [0.1, 0.15) is 10.5 Å². The Labute approximate surface area is 147 Å². The van der Waals surface area contributed by atoms with Gasteiger partial charge in [0, 0.05) is 24.6 Å².